The van der Waals surface area contributed by atoms with Crippen LogP contribution in [0.4, 0.5) is 0 Å². The molecule has 1 nitrogen and oxygen atoms in total. The number of nitrogens with one attached hydrogen (secondary N) is 1. The van der Waals surface area contributed by atoms with Crippen LogP contribution in [0.2, 0.25) is 0 Å². The fourth-order valence-electron chi connectivity index (χ4n) is 1.32. The molecule has 0 bridgehead atoms. The lowest BCUT2D eigenvalue weighted by atomic mass is 10.2. The maximum absolute atomic E-state index is 3.76. The van der Waals surface area contributed by atoms with Crippen molar-refractivity contribution in [3.63, 3.8) is 0 Å². The Bertz CT molecular complexity index is 108. The lowest BCUT2D eigenvalue weighted by molar-refractivity contribution is -0.888. The highest BCUT2D eigenvalue weighted by atomic mass is 15.1. The van der Waals surface area contributed by atoms with Crippen LogP contribution in [0.15, 0.2) is 25.3 Å². The summed E-state index contributed by atoms with van der Waals surface area (Å²) in [6, 6.07) is 0. The van der Waals surface area contributed by atoms with E-state index in [-0.39, 0.29) is 0 Å². The van der Waals surface area contributed by atoms with Crippen LogP contribution in [-0.2, 0) is 0 Å². The Morgan fingerprint density at radius 1 is 1.08 bits per heavy atom. The first-order valence-electron chi connectivity index (χ1n) is 4.90. The van der Waals surface area contributed by atoms with Gasteiger partial charge in [0.25, 0.3) is 0 Å². The molecular formula is C11H22N+. The van der Waals surface area contributed by atoms with Gasteiger partial charge in [0.15, 0.2) is 0 Å². The van der Waals surface area contributed by atoms with E-state index in [9.17, 15) is 0 Å². The molecule has 0 unspecified atom stereocenters. The standard InChI is InChI=1S/C11H21N/c1-4-7-8-11-12(9-5-2)10-6-3/h5-6H,2-4,7-11H2,1H3/p+1. The molecule has 0 saturated heterocycles. The van der Waals surface area contributed by atoms with Crippen LogP contribution in [0.1, 0.15) is 26.2 Å². The van der Waals surface area contributed by atoms with E-state index < -0.39 is 0 Å². The molecule has 70 valence electrons. The highest BCUT2D eigenvalue weighted by Gasteiger charge is 2.01. The molecule has 0 aromatic rings. The smallest absolute Gasteiger partial charge is 0.0957 e. The molecule has 12 heavy (non-hydrogen) atoms. The molecule has 0 aromatic carbocycles. The van der Waals surface area contributed by atoms with E-state index in [2.05, 4.69) is 20.1 Å². The van der Waals surface area contributed by atoms with Gasteiger partial charge in [-0.05, 0) is 25.0 Å². The van der Waals surface area contributed by atoms with Gasteiger partial charge in [-0.25, -0.2) is 0 Å². The minimum atomic E-state index is 1.07. The summed E-state index contributed by atoms with van der Waals surface area (Å²) in [7, 11) is 0. The molecule has 0 fully saturated rings. The number of hydrogen-bond donors (Lipinski definition) is 1. The molecule has 0 aliphatic rings. The zero-order valence-corrected chi connectivity index (χ0v) is 8.31. The van der Waals surface area contributed by atoms with Crippen LogP contribution < -0.4 is 4.90 Å². The normalized spacial score (nSPS) is 10.2. The predicted octanol–water partition coefficient (Wildman–Crippen LogP) is 1.43. The van der Waals surface area contributed by atoms with Crippen LogP contribution in [0.5, 0.6) is 0 Å². The maximum Gasteiger partial charge on any atom is 0.0957 e. The molecule has 0 spiro atoms. The van der Waals surface area contributed by atoms with Crippen molar-refractivity contribution in [3.05, 3.63) is 25.3 Å². The van der Waals surface area contributed by atoms with E-state index in [0.717, 1.165) is 13.1 Å². The van der Waals surface area contributed by atoms with Crippen molar-refractivity contribution in [2.75, 3.05) is 19.6 Å². The Kier molecular flexibility index (Phi) is 8.14. The van der Waals surface area contributed by atoms with Gasteiger partial charge in [0, 0.05) is 0 Å². The van der Waals surface area contributed by atoms with Crippen LogP contribution >= 0.6 is 0 Å². The van der Waals surface area contributed by atoms with Crippen molar-refractivity contribution in [2.24, 2.45) is 0 Å². The van der Waals surface area contributed by atoms with Gasteiger partial charge in [-0.2, -0.15) is 0 Å². The summed E-state index contributed by atoms with van der Waals surface area (Å²) in [6.45, 7) is 13.1. The molecule has 0 rings (SSSR count). The van der Waals surface area contributed by atoms with E-state index in [1.165, 1.54) is 25.8 Å². The number of quaternary nitrogens is 1. The second kappa shape index (κ2) is 8.54. The Labute approximate surface area is 76.8 Å². The van der Waals surface area contributed by atoms with Crippen LogP contribution in [0.3, 0.4) is 0 Å². The lowest BCUT2D eigenvalue weighted by Crippen LogP contribution is -3.11. The molecule has 0 radical (unpaired) electrons. The first-order chi connectivity index (χ1) is 5.85. The summed E-state index contributed by atoms with van der Waals surface area (Å²) in [4.78, 5) is 1.58. The van der Waals surface area contributed by atoms with Gasteiger partial charge in [-0.1, -0.05) is 26.5 Å². The van der Waals surface area contributed by atoms with Gasteiger partial charge < -0.3 is 4.90 Å². The largest absolute Gasteiger partial charge is 0.328 e. The van der Waals surface area contributed by atoms with E-state index in [1.54, 1.807) is 4.90 Å². The zero-order valence-electron chi connectivity index (χ0n) is 8.31. The Morgan fingerprint density at radius 2 is 1.67 bits per heavy atom. The average molecular weight is 168 g/mol. The van der Waals surface area contributed by atoms with Gasteiger partial charge in [-0.3, -0.25) is 0 Å². The highest BCUT2D eigenvalue weighted by Crippen LogP contribution is 1.89. The molecule has 0 aliphatic carbocycles. The van der Waals surface area contributed by atoms with Crippen molar-refractivity contribution < 1.29 is 4.90 Å². The first kappa shape index (κ1) is 11.4. The molecular weight excluding hydrogens is 146 g/mol. The summed E-state index contributed by atoms with van der Waals surface area (Å²) >= 11 is 0. The summed E-state index contributed by atoms with van der Waals surface area (Å²) in [5.74, 6) is 0. The third-order valence-electron chi connectivity index (χ3n) is 2.00. The topological polar surface area (TPSA) is 4.44 Å². The fourth-order valence-corrected chi connectivity index (χ4v) is 1.32. The van der Waals surface area contributed by atoms with Gasteiger partial charge in [0.05, 0.1) is 19.6 Å². The molecule has 0 aromatic heterocycles. The van der Waals surface area contributed by atoms with Gasteiger partial charge in [0.2, 0.25) is 0 Å². The Hall–Kier alpha value is -0.560. The highest BCUT2D eigenvalue weighted by molar-refractivity contribution is 4.67. The number of rotatable bonds is 8. The quantitative estimate of drug-likeness (QED) is 0.413. The van der Waals surface area contributed by atoms with Gasteiger partial charge in [0.1, 0.15) is 0 Å². The SMILES string of the molecule is C=CC[NH+](CC=C)CCCCC. The summed E-state index contributed by atoms with van der Waals surface area (Å²) < 4.78 is 0. The zero-order chi connectivity index (χ0) is 9.23. The Balaban J connectivity index is 3.47. The summed E-state index contributed by atoms with van der Waals surface area (Å²) in [6.07, 6.45) is 7.95. The number of unbranched alkanes of at least 4 members (excludes halogenated alkanes) is 2. The molecule has 0 amide bonds. The number of hydrogen-bond acceptors (Lipinski definition) is 0. The van der Waals surface area contributed by atoms with E-state index in [1.807, 2.05) is 12.2 Å². The molecule has 0 saturated carbocycles. The first-order valence-corrected chi connectivity index (χ1v) is 4.90. The third kappa shape index (κ3) is 6.17. The molecule has 0 heterocycles. The summed E-state index contributed by atoms with van der Waals surface area (Å²) in [5, 5.41) is 0. The molecule has 0 atom stereocenters. The van der Waals surface area contributed by atoms with Crippen molar-refractivity contribution >= 4 is 0 Å². The van der Waals surface area contributed by atoms with E-state index >= 15 is 0 Å². The van der Waals surface area contributed by atoms with E-state index in [0.29, 0.717) is 0 Å². The second-order valence-corrected chi connectivity index (χ2v) is 3.19. The molecule has 0 aliphatic heterocycles. The average Bonchev–Trinajstić information content (AvgIpc) is 2.06. The van der Waals surface area contributed by atoms with Crippen molar-refractivity contribution in [3.8, 4) is 0 Å². The van der Waals surface area contributed by atoms with Crippen LogP contribution in [-0.4, -0.2) is 19.6 Å². The van der Waals surface area contributed by atoms with Gasteiger partial charge >= 0.3 is 0 Å². The molecule has 1 N–H and O–H groups in total. The minimum absolute atomic E-state index is 1.07. The van der Waals surface area contributed by atoms with Crippen molar-refractivity contribution in [2.45, 2.75) is 26.2 Å². The van der Waals surface area contributed by atoms with Crippen molar-refractivity contribution in [1.29, 1.82) is 0 Å². The monoisotopic (exact) mass is 168 g/mol. The van der Waals surface area contributed by atoms with Gasteiger partial charge in [-0.15, -0.1) is 0 Å². The summed E-state index contributed by atoms with van der Waals surface area (Å²) in [5.41, 5.74) is 0. The Morgan fingerprint density at radius 3 is 2.08 bits per heavy atom. The van der Waals surface area contributed by atoms with E-state index in [4.69, 9.17) is 0 Å². The van der Waals surface area contributed by atoms with Crippen LogP contribution in [0, 0.1) is 0 Å². The fraction of sp³-hybridized carbons (Fsp3) is 0.636. The lowest BCUT2D eigenvalue weighted by Gasteiger charge is -2.15. The predicted molar refractivity (Wildman–Crippen MR) is 55.5 cm³/mol. The molecule has 1 heteroatoms. The van der Waals surface area contributed by atoms with Crippen molar-refractivity contribution in [1.82, 2.24) is 0 Å². The second-order valence-electron chi connectivity index (χ2n) is 3.19. The third-order valence-corrected chi connectivity index (χ3v) is 2.00. The minimum Gasteiger partial charge on any atom is -0.328 e. The maximum atomic E-state index is 3.76. The van der Waals surface area contributed by atoms with Crippen LogP contribution in [0.25, 0.3) is 0 Å².